The summed E-state index contributed by atoms with van der Waals surface area (Å²) in [6.07, 6.45) is 1.89. The van der Waals surface area contributed by atoms with Gasteiger partial charge in [-0.2, -0.15) is 0 Å². The number of halogens is 1. The van der Waals surface area contributed by atoms with Crippen LogP contribution in [-0.4, -0.2) is 15.5 Å². The molecule has 96 valence electrons. The lowest BCUT2D eigenvalue weighted by molar-refractivity contribution is 0.418. The maximum absolute atomic E-state index is 4.40. The molecule has 18 heavy (non-hydrogen) atoms. The van der Waals surface area contributed by atoms with Crippen LogP contribution in [0.25, 0.3) is 11.3 Å². The zero-order chi connectivity index (χ0) is 13.2. The average molecular weight is 355 g/mol. The van der Waals surface area contributed by atoms with E-state index in [1.54, 1.807) is 0 Å². The predicted molar refractivity (Wildman–Crippen MR) is 83.3 cm³/mol. The third-order valence-electron chi connectivity index (χ3n) is 2.57. The fourth-order valence-corrected chi connectivity index (χ4v) is 1.94. The molecular weight excluding hydrogens is 337 g/mol. The van der Waals surface area contributed by atoms with Crippen LogP contribution >= 0.6 is 22.6 Å². The lowest BCUT2D eigenvalue weighted by Gasteiger charge is -2.19. The van der Waals surface area contributed by atoms with E-state index in [1.165, 1.54) is 9.13 Å². The number of rotatable bonds is 3. The van der Waals surface area contributed by atoms with Gasteiger partial charge < -0.3 is 10.3 Å². The molecule has 2 N–H and O–H groups in total. The van der Waals surface area contributed by atoms with Gasteiger partial charge in [0.25, 0.3) is 0 Å². The molecular formula is C14H18IN3. The molecule has 0 amide bonds. The molecule has 3 nitrogen and oxygen atoms in total. The molecule has 2 aromatic rings. The van der Waals surface area contributed by atoms with Crippen LogP contribution in [0.15, 0.2) is 30.5 Å². The van der Waals surface area contributed by atoms with E-state index in [2.05, 4.69) is 82.9 Å². The van der Waals surface area contributed by atoms with Gasteiger partial charge in [0.2, 0.25) is 0 Å². The van der Waals surface area contributed by atoms with Crippen molar-refractivity contribution in [2.45, 2.75) is 32.9 Å². The maximum Gasteiger partial charge on any atom is 0.120 e. The number of H-pyrrole nitrogens is 1. The second-order valence-electron chi connectivity index (χ2n) is 5.35. The highest BCUT2D eigenvalue weighted by Crippen LogP contribution is 2.18. The molecule has 0 fully saturated rings. The van der Waals surface area contributed by atoms with Gasteiger partial charge in [0.1, 0.15) is 5.82 Å². The van der Waals surface area contributed by atoms with Crippen molar-refractivity contribution >= 4 is 22.6 Å². The Morgan fingerprint density at radius 3 is 2.50 bits per heavy atom. The number of benzene rings is 1. The van der Waals surface area contributed by atoms with E-state index < -0.39 is 0 Å². The summed E-state index contributed by atoms with van der Waals surface area (Å²) in [5.74, 6) is 0.971. The third kappa shape index (κ3) is 3.81. The molecule has 2 rings (SSSR count). The summed E-state index contributed by atoms with van der Waals surface area (Å²) in [6.45, 7) is 7.20. The van der Waals surface area contributed by atoms with E-state index in [0.717, 1.165) is 18.1 Å². The van der Waals surface area contributed by atoms with E-state index in [9.17, 15) is 0 Å². The van der Waals surface area contributed by atoms with Gasteiger partial charge in [-0.15, -0.1) is 0 Å². The monoisotopic (exact) mass is 355 g/mol. The van der Waals surface area contributed by atoms with Crippen LogP contribution in [0.5, 0.6) is 0 Å². The number of nitrogens with one attached hydrogen (secondary N) is 2. The lowest BCUT2D eigenvalue weighted by Crippen LogP contribution is -2.35. The summed E-state index contributed by atoms with van der Waals surface area (Å²) in [7, 11) is 0. The zero-order valence-corrected chi connectivity index (χ0v) is 13.1. The zero-order valence-electron chi connectivity index (χ0n) is 10.9. The van der Waals surface area contributed by atoms with E-state index in [4.69, 9.17) is 0 Å². The molecule has 1 heterocycles. The van der Waals surface area contributed by atoms with Crippen molar-refractivity contribution in [3.8, 4) is 11.3 Å². The topological polar surface area (TPSA) is 40.7 Å². The van der Waals surface area contributed by atoms with Gasteiger partial charge in [-0.1, -0.05) is 12.1 Å². The number of hydrogen-bond acceptors (Lipinski definition) is 2. The Balaban J connectivity index is 2.08. The largest absolute Gasteiger partial charge is 0.341 e. The fraction of sp³-hybridized carbons (Fsp3) is 0.357. The highest BCUT2D eigenvalue weighted by molar-refractivity contribution is 14.1. The summed E-state index contributed by atoms with van der Waals surface area (Å²) < 4.78 is 1.24. The summed E-state index contributed by atoms with van der Waals surface area (Å²) in [5.41, 5.74) is 2.34. The van der Waals surface area contributed by atoms with E-state index in [-0.39, 0.29) is 5.54 Å². The van der Waals surface area contributed by atoms with Crippen molar-refractivity contribution in [3.05, 3.63) is 39.9 Å². The van der Waals surface area contributed by atoms with Crippen molar-refractivity contribution in [3.63, 3.8) is 0 Å². The minimum atomic E-state index is 0.107. The Labute approximate surface area is 122 Å². The van der Waals surface area contributed by atoms with Gasteiger partial charge in [-0.3, -0.25) is 0 Å². The maximum atomic E-state index is 4.40. The first-order chi connectivity index (χ1) is 8.44. The first-order valence-electron chi connectivity index (χ1n) is 5.99. The predicted octanol–water partition coefficient (Wildman–Crippen LogP) is 3.57. The molecule has 0 saturated heterocycles. The van der Waals surface area contributed by atoms with Crippen LogP contribution in [0.2, 0.25) is 0 Å². The number of aromatic amines is 1. The van der Waals surface area contributed by atoms with Gasteiger partial charge >= 0.3 is 0 Å². The third-order valence-corrected chi connectivity index (χ3v) is 3.29. The Hall–Kier alpha value is -0.880. The molecule has 0 saturated carbocycles. The summed E-state index contributed by atoms with van der Waals surface area (Å²) in [6, 6.07) is 8.42. The van der Waals surface area contributed by atoms with Crippen LogP contribution in [-0.2, 0) is 6.54 Å². The van der Waals surface area contributed by atoms with E-state index in [1.807, 2.05) is 6.20 Å². The van der Waals surface area contributed by atoms with Crippen molar-refractivity contribution < 1.29 is 0 Å². The Morgan fingerprint density at radius 1 is 1.22 bits per heavy atom. The fourth-order valence-electron chi connectivity index (χ4n) is 1.58. The van der Waals surface area contributed by atoms with Gasteiger partial charge in [0.05, 0.1) is 18.4 Å². The number of imidazole rings is 1. The molecule has 0 bridgehead atoms. The van der Waals surface area contributed by atoms with Gasteiger partial charge in [0, 0.05) is 9.11 Å². The SMILES string of the molecule is CC(C)(C)NCc1ncc(-c2ccc(I)cc2)[nH]1. The van der Waals surface area contributed by atoms with Crippen LogP contribution in [0.4, 0.5) is 0 Å². The molecule has 0 atom stereocenters. The van der Waals surface area contributed by atoms with Gasteiger partial charge in [-0.05, 0) is 61.1 Å². The molecule has 1 aromatic heterocycles. The van der Waals surface area contributed by atoms with Gasteiger partial charge in [-0.25, -0.2) is 4.98 Å². The van der Waals surface area contributed by atoms with Crippen molar-refractivity contribution in [2.75, 3.05) is 0 Å². The van der Waals surface area contributed by atoms with Crippen LogP contribution in [0.1, 0.15) is 26.6 Å². The molecule has 0 unspecified atom stereocenters. The van der Waals surface area contributed by atoms with Crippen LogP contribution in [0.3, 0.4) is 0 Å². The first kappa shape index (κ1) is 13.5. The quantitative estimate of drug-likeness (QED) is 0.827. The summed E-state index contributed by atoms with van der Waals surface area (Å²) in [4.78, 5) is 7.74. The number of aromatic nitrogens is 2. The van der Waals surface area contributed by atoms with Crippen molar-refractivity contribution in [1.82, 2.24) is 15.3 Å². The van der Waals surface area contributed by atoms with Crippen LogP contribution < -0.4 is 5.32 Å². The summed E-state index contributed by atoms with van der Waals surface area (Å²) >= 11 is 2.31. The Bertz CT molecular complexity index is 509. The minimum Gasteiger partial charge on any atom is -0.341 e. The average Bonchev–Trinajstić information content (AvgIpc) is 2.75. The Morgan fingerprint density at radius 2 is 1.89 bits per heavy atom. The van der Waals surface area contributed by atoms with Crippen LogP contribution in [0, 0.1) is 3.57 Å². The molecule has 0 aliphatic rings. The lowest BCUT2D eigenvalue weighted by atomic mass is 10.1. The highest BCUT2D eigenvalue weighted by Gasteiger charge is 2.10. The summed E-state index contributed by atoms with van der Waals surface area (Å²) in [5, 5.41) is 3.42. The molecule has 0 aliphatic heterocycles. The first-order valence-corrected chi connectivity index (χ1v) is 7.07. The number of hydrogen-bond donors (Lipinski definition) is 2. The van der Waals surface area contributed by atoms with Gasteiger partial charge in [0.15, 0.2) is 0 Å². The number of nitrogens with zero attached hydrogens (tertiary/aromatic N) is 1. The van der Waals surface area contributed by atoms with E-state index >= 15 is 0 Å². The second kappa shape index (κ2) is 5.40. The molecule has 0 radical (unpaired) electrons. The minimum absolute atomic E-state index is 0.107. The van der Waals surface area contributed by atoms with Crippen molar-refractivity contribution in [1.29, 1.82) is 0 Å². The van der Waals surface area contributed by atoms with E-state index in [0.29, 0.717) is 0 Å². The highest BCUT2D eigenvalue weighted by atomic mass is 127. The normalized spacial score (nSPS) is 11.8. The molecule has 4 heteroatoms. The molecule has 0 aliphatic carbocycles. The molecule has 0 spiro atoms. The second-order valence-corrected chi connectivity index (χ2v) is 6.60. The van der Waals surface area contributed by atoms with Crippen molar-refractivity contribution in [2.24, 2.45) is 0 Å². The standard InChI is InChI=1S/C14H18IN3/c1-14(2,3)17-9-13-16-8-12(18-13)10-4-6-11(15)7-5-10/h4-8,17H,9H2,1-3H3,(H,16,18). The Kier molecular flexibility index (Phi) is 4.07. The molecule has 1 aromatic carbocycles. The smallest absolute Gasteiger partial charge is 0.120 e.